The SMILES string of the molecule is C=NC(=N/C(=N\n1c2ccccc2c2cc3c(cc21)c1ccccc1n3-c1ccccc1)c1cnc(-c2ccccc2)nc1)c1cc(-c2ccccc2)cc(-c2ccccc2)c1. The predicted octanol–water partition coefficient (Wildman–Crippen LogP) is 13.0. The lowest BCUT2D eigenvalue weighted by Gasteiger charge is -2.12. The zero-order valence-electron chi connectivity index (χ0n) is 33.5. The quantitative estimate of drug-likeness (QED) is 0.119. The van der Waals surface area contributed by atoms with Crippen LogP contribution in [0.15, 0.2) is 228 Å². The molecule has 0 bridgehead atoms. The van der Waals surface area contributed by atoms with Crippen LogP contribution in [0.1, 0.15) is 11.1 Å². The molecule has 0 atom stereocenters. The van der Waals surface area contributed by atoms with Gasteiger partial charge in [-0.25, -0.2) is 24.6 Å². The van der Waals surface area contributed by atoms with Gasteiger partial charge in [-0.2, -0.15) is 0 Å². The lowest BCUT2D eigenvalue weighted by atomic mass is 9.96. The number of hydrogen-bond acceptors (Lipinski definition) is 3. The fraction of sp³-hybridized carbons (Fsp3) is 0. The molecular formula is C55H37N7. The average molecular weight is 796 g/mol. The Morgan fingerprint density at radius 3 is 1.52 bits per heavy atom. The molecule has 0 aliphatic rings. The summed E-state index contributed by atoms with van der Waals surface area (Å²) in [7, 11) is 0. The number of nitrogens with zero attached hydrogens (tertiary/aromatic N) is 7. The molecule has 7 heteroatoms. The van der Waals surface area contributed by atoms with E-state index in [1.54, 1.807) is 12.4 Å². The molecule has 3 heterocycles. The summed E-state index contributed by atoms with van der Waals surface area (Å²) in [5.74, 6) is 1.41. The van der Waals surface area contributed by atoms with Crippen LogP contribution in [0.2, 0.25) is 0 Å². The third-order valence-corrected chi connectivity index (χ3v) is 11.4. The summed E-state index contributed by atoms with van der Waals surface area (Å²) in [6, 6.07) is 69.1. The lowest BCUT2D eigenvalue weighted by molar-refractivity contribution is 0.961. The van der Waals surface area contributed by atoms with Crippen LogP contribution in [0.3, 0.4) is 0 Å². The van der Waals surface area contributed by atoms with E-state index in [1.165, 1.54) is 0 Å². The fourth-order valence-corrected chi connectivity index (χ4v) is 8.44. The Balaban J connectivity index is 1.16. The first-order chi connectivity index (χ1) is 30.7. The molecule has 0 aliphatic carbocycles. The summed E-state index contributed by atoms with van der Waals surface area (Å²) in [5, 5.41) is 9.86. The van der Waals surface area contributed by atoms with Gasteiger partial charge in [0, 0.05) is 50.8 Å². The Morgan fingerprint density at radius 2 is 0.903 bits per heavy atom. The number of aliphatic imine (C=N–C) groups is 2. The summed E-state index contributed by atoms with van der Waals surface area (Å²) >= 11 is 0. The summed E-state index contributed by atoms with van der Waals surface area (Å²) in [5.41, 5.74) is 11.8. The standard InChI is InChI=1S/C55H37N7/c1-56-53(42-31-40(37-18-6-2-7-19-37)30-41(32-42)38-20-8-3-9-21-38)59-55(43-35-57-54(58-36-43)39-22-10-4-11-23-39)60-62-50-29-17-15-27-46(50)48-33-51-47(34-52(48)62)45-26-14-16-28-49(45)61(51)44-24-12-5-13-25-44/h2-36H,1H2/b59-53?,60-55-. The van der Waals surface area contributed by atoms with Crippen LogP contribution in [0.25, 0.3) is 82.9 Å². The van der Waals surface area contributed by atoms with Crippen LogP contribution >= 0.6 is 0 Å². The molecular weight excluding hydrogens is 759 g/mol. The van der Waals surface area contributed by atoms with E-state index in [0.29, 0.717) is 23.1 Å². The van der Waals surface area contributed by atoms with E-state index in [4.69, 9.17) is 20.1 Å². The van der Waals surface area contributed by atoms with Crippen molar-refractivity contribution in [2.24, 2.45) is 15.1 Å². The summed E-state index contributed by atoms with van der Waals surface area (Å²) in [6.07, 6.45) is 3.57. The molecule has 0 fully saturated rings. The Kier molecular flexibility index (Phi) is 9.17. The largest absolute Gasteiger partial charge is 0.309 e. The van der Waals surface area contributed by atoms with E-state index in [1.807, 2.05) is 77.5 Å². The van der Waals surface area contributed by atoms with Crippen molar-refractivity contribution in [2.75, 3.05) is 0 Å². The minimum absolute atomic E-state index is 0.382. The average Bonchev–Trinajstić information content (AvgIpc) is 3.84. The van der Waals surface area contributed by atoms with E-state index >= 15 is 0 Å². The van der Waals surface area contributed by atoms with Crippen LogP contribution in [0.5, 0.6) is 0 Å². The van der Waals surface area contributed by atoms with Gasteiger partial charge in [0.05, 0.1) is 27.6 Å². The zero-order chi connectivity index (χ0) is 41.4. The molecule has 62 heavy (non-hydrogen) atoms. The van der Waals surface area contributed by atoms with Crippen molar-refractivity contribution in [2.45, 2.75) is 0 Å². The second kappa shape index (κ2) is 15.6. The lowest BCUT2D eigenvalue weighted by Crippen LogP contribution is -2.09. The second-order valence-corrected chi connectivity index (χ2v) is 15.1. The maximum absolute atomic E-state index is 5.45. The molecule has 0 N–H and O–H groups in total. The van der Waals surface area contributed by atoms with Crippen molar-refractivity contribution in [3.8, 4) is 39.3 Å². The second-order valence-electron chi connectivity index (χ2n) is 15.1. The Hall–Kier alpha value is -8.55. The van der Waals surface area contributed by atoms with E-state index < -0.39 is 0 Å². The molecule has 0 saturated heterocycles. The van der Waals surface area contributed by atoms with Gasteiger partial charge in [0.15, 0.2) is 17.5 Å². The Morgan fingerprint density at radius 1 is 0.403 bits per heavy atom. The number of amidine groups is 2. The first-order valence-corrected chi connectivity index (χ1v) is 20.5. The molecule has 8 aromatic carbocycles. The number of para-hydroxylation sites is 3. The highest BCUT2D eigenvalue weighted by Gasteiger charge is 2.19. The molecule has 0 radical (unpaired) electrons. The van der Waals surface area contributed by atoms with Crippen molar-refractivity contribution in [1.29, 1.82) is 0 Å². The fourth-order valence-electron chi connectivity index (χ4n) is 8.44. The van der Waals surface area contributed by atoms with Crippen molar-refractivity contribution in [3.63, 3.8) is 0 Å². The highest BCUT2D eigenvalue weighted by atomic mass is 15.4. The van der Waals surface area contributed by atoms with E-state index in [2.05, 4.69) is 144 Å². The van der Waals surface area contributed by atoms with Crippen LogP contribution in [0.4, 0.5) is 0 Å². The molecule has 0 saturated carbocycles. The van der Waals surface area contributed by atoms with Crippen molar-refractivity contribution in [3.05, 3.63) is 224 Å². The molecule has 0 unspecified atom stereocenters. The van der Waals surface area contributed by atoms with E-state index in [0.717, 1.165) is 82.7 Å². The third kappa shape index (κ3) is 6.54. The smallest absolute Gasteiger partial charge is 0.185 e. The van der Waals surface area contributed by atoms with Crippen molar-refractivity contribution >= 4 is 62.0 Å². The van der Waals surface area contributed by atoms with Gasteiger partial charge in [0.2, 0.25) is 0 Å². The predicted molar refractivity (Wildman–Crippen MR) is 257 cm³/mol. The highest BCUT2D eigenvalue weighted by Crippen LogP contribution is 2.38. The van der Waals surface area contributed by atoms with Crippen LogP contribution in [0, 0.1) is 0 Å². The monoisotopic (exact) mass is 795 g/mol. The highest BCUT2D eigenvalue weighted by molar-refractivity contribution is 6.19. The van der Waals surface area contributed by atoms with Gasteiger partial charge in [-0.05, 0) is 83.6 Å². The van der Waals surface area contributed by atoms with Gasteiger partial charge in [0.25, 0.3) is 0 Å². The van der Waals surface area contributed by atoms with E-state index in [-0.39, 0.29) is 0 Å². The summed E-state index contributed by atoms with van der Waals surface area (Å²) < 4.78 is 4.34. The first kappa shape index (κ1) is 36.5. The van der Waals surface area contributed by atoms with Crippen LogP contribution in [-0.4, -0.2) is 37.6 Å². The summed E-state index contributed by atoms with van der Waals surface area (Å²) in [4.78, 5) is 19.5. The zero-order valence-corrected chi connectivity index (χ0v) is 33.5. The number of rotatable bonds is 7. The number of fused-ring (bicyclic) bond motifs is 6. The van der Waals surface area contributed by atoms with Gasteiger partial charge in [-0.3, -0.25) is 0 Å². The minimum Gasteiger partial charge on any atom is -0.309 e. The maximum atomic E-state index is 5.45. The molecule has 3 aromatic heterocycles. The number of hydrogen-bond donors (Lipinski definition) is 0. The molecule has 0 spiro atoms. The number of aromatic nitrogens is 4. The first-order valence-electron chi connectivity index (χ1n) is 20.5. The summed E-state index contributed by atoms with van der Waals surface area (Å²) in [6.45, 7) is 4.05. The van der Waals surface area contributed by atoms with Gasteiger partial charge < -0.3 is 4.57 Å². The van der Waals surface area contributed by atoms with Crippen LogP contribution in [-0.2, 0) is 0 Å². The van der Waals surface area contributed by atoms with Gasteiger partial charge in [0.1, 0.15) is 0 Å². The van der Waals surface area contributed by atoms with Gasteiger partial charge >= 0.3 is 0 Å². The van der Waals surface area contributed by atoms with Crippen LogP contribution < -0.4 is 0 Å². The van der Waals surface area contributed by atoms with Crippen molar-refractivity contribution < 1.29 is 0 Å². The number of benzene rings is 8. The van der Waals surface area contributed by atoms with Gasteiger partial charge in [-0.1, -0.05) is 146 Å². The van der Waals surface area contributed by atoms with Gasteiger partial charge in [-0.15, -0.1) is 5.10 Å². The van der Waals surface area contributed by atoms with Crippen molar-refractivity contribution in [1.82, 2.24) is 19.2 Å². The maximum Gasteiger partial charge on any atom is 0.185 e. The molecule has 292 valence electrons. The Labute approximate surface area is 358 Å². The third-order valence-electron chi connectivity index (χ3n) is 11.4. The topological polar surface area (TPSA) is 72.7 Å². The van der Waals surface area contributed by atoms with E-state index in [9.17, 15) is 0 Å². The minimum atomic E-state index is 0.382. The molecule has 0 amide bonds. The molecule has 7 nitrogen and oxygen atoms in total. The Bertz CT molecular complexity index is 3440. The molecule has 11 rings (SSSR count). The normalized spacial score (nSPS) is 12.1. The molecule has 11 aromatic rings. The molecule has 0 aliphatic heterocycles.